The summed E-state index contributed by atoms with van der Waals surface area (Å²) in [5.41, 5.74) is 1.68. The molecule has 1 nitrogen and oxygen atoms in total. The Labute approximate surface area is 104 Å². The molecule has 0 aliphatic heterocycles. The molecule has 0 fully saturated rings. The van der Waals surface area contributed by atoms with E-state index in [1.165, 1.54) is 12.1 Å². The van der Waals surface area contributed by atoms with Gasteiger partial charge < -0.3 is 5.11 Å². The molecule has 1 rings (SSSR count). The van der Waals surface area contributed by atoms with Crippen molar-refractivity contribution in [2.45, 2.75) is 47.1 Å². The molecule has 0 radical (unpaired) electrons. The molecule has 2 heteroatoms. The van der Waals surface area contributed by atoms with Crippen LogP contribution in [0.2, 0.25) is 0 Å². The Morgan fingerprint density at radius 1 is 1.24 bits per heavy atom. The van der Waals surface area contributed by atoms with E-state index in [1.807, 2.05) is 13.0 Å². The molecule has 1 aromatic carbocycles. The van der Waals surface area contributed by atoms with Crippen LogP contribution in [0.5, 0.6) is 0 Å². The second-order valence-corrected chi connectivity index (χ2v) is 6.08. The molecule has 1 aromatic rings. The molecule has 0 bridgehead atoms. The Balaban J connectivity index is 2.79. The first-order chi connectivity index (χ1) is 7.70. The third-order valence-electron chi connectivity index (χ3n) is 3.50. The highest BCUT2D eigenvalue weighted by Crippen LogP contribution is 2.33. The highest BCUT2D eigenvalue weighted by Gasteiger charge is 2.23. The van der Waals surface area contributed by atoms with Crippen molar-refractivity contribution in [3.63, 3.8) is 0 Å². The highest BCUT2D eigenvalue weighted by molar-refractivity contribution is 5.25. The van der Waals surface area contributed by atoms with Crippen LogP contribution in [-0.2, 0) is 0 Å². The zero-order valence-electron chi connectivity index (χ0n) is 11.4. The van der Waals surface area contributed by atoms with E-state index in [0.29, 0.717) is 17.9 Å². The van der Waals surface area contributed by atoms with Crippen molar-refractivity contribution in [2.75, 3.05) is 0 Å². The largest absolute Gasteiger partial charge is 0.388 e. The Hall–Kier alpha value is -0.890. The van der Waals surface area contributed by atoms with Gasteiger partial charge >= 0.3 is 0 Å². The fourth-order valence-corrected chi connectivity index (χ4v) is 1.78. The van der Waals surface area contributed by atoms with Crippen LogP contribution in [0.15, 0.2) is 18.2 Å². The zero-order valence-corrected chi connectivity index (χ0v) is 11.4. The average Bonchev–Trinajstić information content (AvgIpc) is 2.14. The molecule has 0 aromatic heterocycles. The number of hydrogen-bond acceptors (Lipinski definition) is 1. The first kappa shape index (κ1) is 14.2. The Kier molecular flexibility index (Phi) is 4.31. The van der Waals surface area contributed by atoms with E-state index in [4.69, 9.17) is 0 Å². The Bertz CT molecular complexity index is 359. The number of aliphatic hydroxyl groups is 1. The fourth-order valence-electron chi connectivity index (χ4n) is 1.78. The van der Waals surface area contributed by atoms with E-state index in [2.05, 4.69) is 27.7 Å². The van der Waals surface area contributed by atoms with Gasteiger partial charge in [0.2, 0.25) is 0 Å². The number of aryl methyl sites for hydroxylation is 1. The number of benzene rings is 1. The van der Waals surface area contributed by atoms with Gasteiger partial charge in [-0.3, -0.25) is 0 Å². The predicted molar refractivity (Wildman–Crippen MR) is 69.3 cm³/mol. The van der Waals surface area contributed by atoms with Gasteiger partial charge in [-0.2, -0.15) is 0 Å². The summed E-state index contributed by atoms with van der Waals surface area (Å²) in [7, 11) is 0. The lowest BCUT2D eigenvalue weighted by Gasteiger charge is -2.29. The van der Waals surface area contributed by atoms with Crippen LogP contribution in [0, 0.1) is 24.1 Å². The van der Waals surface area contributed by atoms with Crippen LogP contribution in [0.1, 0.15) is 51.3 Å². The summed E-state index contributed by atoms with van der Waals surface area (Å²) in [6.45, 7) is 10.4. The van der Waals surface area contributed by atoms with Crippen molar-refractivity contribution in [3.05, 3.63) is 35.1 Å². The summed E-state index contributed by atoms with van der Waals surface area (Å²) in [6.07, 6.45) is 0.0745. The summed E-state index contributed by atoms with van der Waals surface area (Å²) in [6, 6.07) is 4.75. The molecule has 0 heterocycles. The van der Waals surface area contributed by atoms with E-state index < -0.39 is 6.10 Å². The van der Waals surface area contributed by atoms with Crippen molar-refractivity contribution in [2.24, 2.45) is 11.3 Å². The minimum Gasteiger partial charge on any atom is -0.388 e. The Morgan fingerprint density at radius 2 is 1.82 bits per heavy atom. The van der Waals surface area contributed by atoms with Crippen LogP contribution in [-0.4, -0.2) is 5.11 Å². The van der Waals surface area contributed by atoms with Gasteiger partial charge in [-0.1, -0.05) is 33.8 Å². The number of hydrogen-bond donors (Lipinski definition) is 1. The Morgan fingerprint density at radius 3 is 2.29 bits per heavy atom. The molecule has 0 aliphatic carbocycles. The van der Waals surface area contributed by atoms with Gasteiger partial charge in [0.1, 0.15) is 5.82 Å². The van der Waals surface area contributed by atoms with Crippen molar-refractivity contribution in [3.8, 4) is 0 Å². The maximum absolute atomic E-state index is 13.2. The lowest BCUT2D eigenvalue weighted by atomic mass is 9.78. The second-order valence-electron chi connectivity index (χ2n) is 6.08. The third-order valence-corrected chi connectivity index (χ3v) is 3.50. The van der Waals surface area contributed by atoms with Gasteiger partial charge in [0.05, 0.1) is 6.10 Å². The van der Waals surface area contributed by atoms with Crippen molar-refractivity contribution < 1.29 is 9.50 Å². The molecule has 1 N–H and O–H groups in total. The molecule has 0 saturated carbocycles. The second kappa shape index (κ2) is 5.18. The molecular weight excluding hydrogens is 215 g/mol. The standard InChI is InChI=1S/C15H23FO/c1-10-6-12(9-13(16)7-10)14(17)8-11(2)15(3,4)5/h6-7,9,11,14,17H,8H2,1-5H3. The molecule has 0 saturated heterocycles. The van der Waals surface area contributed by atoms with Crippen LogP contribution in [0.3, 0.4) is 0 Å². The van der Waals surface area contributed by atoms with Crippen LogP contribution in [0.25, 0.3) is 0 Å². The molecule has 0 spiro atoms. The van der Waals surface area contributed by atoms with Gasteiger partial charge in [-0.15, -0.1) is 0 Å². The van der Waals surface area contributed by atoms with Crippen molar-refractivity contribution in [1.82, 2.24) is 0 Å². The first-order valence-electron chi connectivity index (χ1n) is 6.15. The predicted octanol–water partition coefficient (Wildman–Crippen LogP) is 4.24. The smallest absolute Gasteiger partial charge is 0.123 e. The minimum atomic E-state index is -0.585. The first-order valence-corrected chi connectivity index (χ1v) is 6.15. The van der Waals surface area contributed by atoms with Crippen molar-refractivity contribution in [1.29, 1.82) is 0 Å². The topological polar surface area (TPSA) is 20.2 Å². The zero-order chi connectivity index (χ0) is 13.2. The lowest BCUT2D eigenvalue weighted by molar-refractivity contribution is 0.110. The summed E-state index contributed by atoms with van der Waals surface area (Å²) in [5.74, 6) is 0.100. The molecule has 2 unspecified atom stereocenters. The maximum atomic E-state index is 13.2. The average molecular weight is 238 g/mol. The van der Waals surface area contributed by atoms with E-state index in [0.717, 1.165) is 5.56 Å². The van der Waals surface area contributed by atoms with Gasteiger partial charge in [-0.25, -0.2) is 4.39 Å². The maximum Gasteiger partial charge on any atom is 0.123 e. The summed E-state index contributed by atoms with van der Waals surface area (Å²) >= 11 is 0. The van der Waals surface area contributed by atoms with Crippen LogP contribution < -0.4 is 0 Å². The molecular formula is C15H23FO. The van der Waals surface area contributed by atoms with Gasteiger partial charge in [0, 0.05) is 0 Å². The highest BCUT2D eigenvalue weighted by atomic mass is 19.1. The number of rotatable bonds is 3. The monoisotopic (exact) mass is 238 g/mol. The molecule has 0 aliphatic rings. The van der Waals surface area contributed by atoms with E-state index in [9.17, 15) is 9.50 Å². The van der Waals surface area contributed by atoms with Gasteiger partial charge in [0.15, 0.2) is 0 Å². The third kappa shape index (κ3) is 4.12. The summed E-state index contributed by atoms with van der Waals surface area (Å²) < 4.78 is 13.2. The molecule has 17 heavy (non-hydrogen) atoms. The van der Waals surface area contributed by atoms with E-state index in [1.54, 1.807) is 0 Å². The molecule has 2 atom stereocenters. The minimum absolute atomic E-state index is 0.156. The van der Waals surface area contributed by atoms with Gasteiger partial charge in [-0.05, 0) is 47.9 Å². The normalized spacial score (nSPS) is 15.7. The lowest BCUT2D eigenvalue weighted by Crippen LogP contribution is -2.19. The number of halogens is 1. The summed E-state index contributed by atoms with van der Waals surface area (Å²) in [5, 5.41) is 10.1. The molecule has 0 amide bonds. The van der Waals surface area contributed by atoms with Crippen molar-refractivity contribution >= 4 is 0 Å². The summed E-state index contributed by atoms with van der Waals surface area (Å²) in [4.78, 5) is 0. The van der Waals surface area contributed by atoms with Gasteiger partial charge in [0.25, 0.3) is 0 Å². The molecule has 96 valence electrons. The number of aliphatic hydroxyl groups excluding tert-OH is 1. The van der Waals surface area contributed by atoms with Crippen LogP contribution >= 0.6 is 0 Å². The quantitative estimate of drug-likeness (QED) is 0.835. The fraction of sp³-hybridized carbons (Fsp3) is 0.600. The van der Waals surface area contributed by atoms with E-state index >= 15 is 0 Å². The van der Waals surface area contributed by atoms with E-state index in [-0.39, 0.29) is 11.2 Å². The van der Waals surface area contributed by atoms with Crippen LogP contribution in [0.4, 0.5) is 4.39 Å². The SMILES string of the molecule is Cc1cc(F)cc(C(O)CC(C)C(C)(C)C)c1.